The van der Waals surface area contributed by atoms with Gasteiger partial charge in [0.1, 0.15) is 22.8 Å². The van der Waals surface area contributed by atoms with Gasteiger partial charge in [-0.3, -0.25) is 0 Å². The van der Waals surface area contributed by atoms with Gasteiger partial charge in [0.05, 0.1) is 55.8 Å². The largest absolute Gasteiger partial charge is 0.493 e. The summed E-state index contributed by atoms with van der Waals surface area (Å²) in [6.07, 6.45) is 7.78. The maximum atomic E-state index is 12.9. The highest BCUT2D eigenvalue weighted by atomic mass is 16.6. The SMILES string of the molecule is C=C(C)C(=O)OCCCNC(=O)OC(C)(C)C(COc1ccccc1)COC(C)(C)C(C)(C)CCCCOC(C)(C)CCOc1ccc(OCCC(C)(C)OCCCCC(C)(C)C)cc1. The lowest BCUT2D eigenvalue weighted by atomic mass is 9.73. The molecule has 0 fully saturated rings. The Morgan fingerprint density at radius 3 is 1.58 bits per heavy atom. The first kappa shape index (κ1) is 57.3. The summed E-state index contributed by atoms with van der Waals surface area (Å²) in [4.78, 5) is 24.5. The molecule has 1 amide bonds. The number of alkyl carbamates (subject to hydrolysis) is 1. The van der Waals surface area contributed by atoms with E-state index in [0.717, 1.165) is 62.4 Å². The lowest BCUT2D eigenvalue weighted by molar-refractivity contribution is -0.139. The minimum atomic E-state index is -0.931. The van der Waals surface area contributed by atoms with Gasteiger partial charge < -0.3 is 43.2 Å². The number of carbonyl (C=O) groups is 2. The second-order valence-electron chi connectivity index (χ2n) is 21.6. The number of para-hydroxylation sites is 1. The van der Waals surface area contributed by atoms with Gasteiger partial charge in [-0.05, 0) is 142 Å². The summed E-state index contributed by atoms with van der Waals surface area (Å²) in [6.45, 7) is 36.6. The van der Waals surface area contributed by atoms with Crippen molar-refractivity contribution in [2.45, 2.75) is 177 Å². The fraction of sp³-hybridized carbons (Fsp3) is 0.704. The van der Waals surface area contributed by atoms with Crippen LogP contribution in [0.1, 0.15) is 155 Å². The fourth-order valence-corrected chi connectivity index (χ4v) is 6.61. The summed E-state index contributed by atoms with van der Waals surface area (Å²) in [5.74, 6) is 1.61. The van der Waals surface area contributed by atoms with Crippen molar-refractivity contribution in [3.63, 3.8) is 0 Å². The standard InChI is InChI=1S/C54H89NO10/c1-42(2)47(56)60-35-23-34-55-48(57)65-53(12,13)43(40-61-44-24-17-16-18-25-44)41-64-54(14,15)50(6,7)31-20-22-37-63-52(10,11)33-39-59-46-28-26-45(27-29-46)58-38-32-51(8,9)62-36-21-19-30-49(3,4)5/h16-18,24-29,43H,1,19-23,30-41H2,2-15H3,(H,55,57). The zero-order valence-electron chi connectivity index (χ0n) is 43.1. The average molecular weight is 912 g/mol. The third kappa shape index (κ3) is 24.5. The van der Waals surface area contributed by atoms with E-state index in [9.17, 15) is 9.59 Å². The van der Waals surface area contributed by atoms with Crippen LogP contribution in [0, 0.1) is 16.7 Å². The quantitative estimate of drug-likeness (QED) is 0.0421. The van der Waals surface area contributed by atoms with Crippen LogP contribution in [-0.4, -0.2) is 87.3 Å². The number of hydrogen-bond acceptors (Lipinski definition) is 10. The van der Waals surface area contributed by atoms with Gasteiger partial charge in [-0.25, -0.2) is 9.59 Å². The van der Waals surface area contributed by atoms with Crippen molar-refractivity contribution in [1.82, 2.24) is 5.32 Å². The van der Waals surface area contributed by atoms with E-state index in [1.807, 2.05) is 68.4 Å². The van der Waals surface area contributed by atoms with Crippen LogP contribution in [0.25, 0.3) is 0 Å². The van der Waals surface area contributed by atoms with Gasteiger partial charge in [-0.15, -0.1) is 0 Å². The molecule has 65 heavy (non-hydrogen) atoms. The maximum Gasteiger partial charge on any atom is 0.407 e. The molecule has 0 aliphatic heterocycles. The number of unbranched alkanes of at least 4 members (excludes halogenated alkanes) is 2. The molecular weight excluding hydrogens is 823 g/mol. The van der Waals surface area contributed by atoms with E-state index in [2.05, 4.69) is 88.1 Å². The molecule has 0 spiro atoms. The third-order valence-electron chi connectivity index (χ3n) is 12.3. The molecule has 0 aliphatic carbocycles. The minimum absolute atomic E-state index is 0.171. The second kappa shape index (κ2) is 27.1. The summed E-state index contributed by atoms with van der Waals surface area (Å²) in [7, 11) is 0. The highest BCUT2D eigenvalue weighted by Crippen LogP contribution is 2.40. The molecule has 370 valence electrons. The molecule has 2 aromatic carbocycles. The number of benzene rings is 2. The molecule has 1 N–H and O–H groups in total. The Balaban J connectivity index is 1.77. The first-order chi connectivity index (χ1) is 30.2. The summed E-state index contributed by atoms with van der Waals surface area (Å²) in [6, 6.07) is 17.4. The highest BCUT2D eigenvalue weighted by Gasteiger charge is 2.41. The number of hydrogen-bond donors (Lipinski definition) is 1. The number of nitrogens with one attached hydrogen (secondary N) is 1. The molecule has 0 radical (unpaired) electrons. The Bertz CT molecular complexity index is 1660. The van der Waals surface area contributed by atoms with Crippen LogP contribution in [0.5, 0.6) is 17.2 Å². The molecule has 0 saturated carbocycles. The Morgan fingerprint density at radius 1 is 0.569 bits per heavy atom. The van der Waals surface area contributed by atoms with Crippen LogP contribution in [0.15, 0.2) is 66.7 Å². The molecule has 0 saturated heterocycles. The van der Waals surface area contributed by atoms with Crippen molar-refractivity contribution in [2.24, 2.45) is 16.7 Å². The first-order valence-electron chi connectivity index (χ1n) is 24.0. The van der Waals surface area contributed by atoms with Gasteiger partial charge >= 0.3 is 12.1 Å². The molecule has 1 atom stereocenters. The van der Waals surface area contributed by atoms with Crippen molar-refractivity contribution >= 4 is 12.1 Å². The van der Waals surface area contributed by atoms with Gasteiger partial charge in [0.25, 0.3) is 0 Å². The van der Waals surface area contributed by atoms with Crippen molar-refractivity contribution in [3.05, 3.63) is 66.7 Å². The zero-order chi connectivity index (χ0) is 48.8. The summed E-state index contributed by atoms with van der Waals surface area (Å²) < 4.78 is 48.6. The van der Waals surface area contributed by atoms with Gasteiger partial charge in [0.2, 0.25) is 0 Å². The molecule has 0 aliphatic rings. The highest BCUT2D eigenvalue weighted by molar-refractivity contribution is 5.86. The van der Waals surface area contributed by atoms with E-state index in [1.165, 1.54) is 12.8 Å². The smallest absolute Gasteiger partial charge is 0.407 e. The van der Waals surface area contributed by atoms with E-state index >= 15 is 0 Å². The number of ether oxygens (including phenoxy) is 8. The van der Waals surface area contributed by atoms with Crippen molar-refractivity contribution < 1.29 is 47.5 Å². The average Bonchev–Trinajstić information content (AvgIpc) is 3.20. The van der Waals surface area contributed by atoms with E-state index < -0.39 is 23.3 Å². The number of rotatable bonds is 33. The number of carbonyl (C=O) groups excluding carboxylic acids is 2. The molecule has 11 nitrogen and oxygen atoms in total. The lowest BCUT2D eigenvalue weighted by Gasteiger charge is -2.44. The first-order valence-corrected chi connectivity index (χ1v) is 24.0. The van der Waals surface area contributed by atoms with E-state index in [4.69, 9.17) is 37.9 Å². The van der Waals surface area contributed by atoms with E-state index in [-0.39, 0.29) is 35.7 Å². The van der Waals surface area contributed by atoms with Crippen LogP contribution in [-0.2, 0) is 28.5 Å². The topological polar surface area (TPSA) is 120 Å². The Morgan fingerprint density at radius 2 is 1.08 bits per heavy atom. The summed E-state index contributed by atoms with van der Waals surface area (Å²) >= 11 is 0. The summed E-state index contributed by atoms with van der Waals surface area (Å²) in [5.41, 5.74) is -1.45. The van der Waals surface area contributed by atoms with Crippen molar-refractivity contribution in [2.75, 3.05) is 52.8 Å². The van der Waals surface area contributed by atoms with Gasteiger partial charge in [0, 0.05) is 38.2 Å². The van der Waals surface area contributed by atoms with E-state index in [1.54, 1.807) is 6.92 Å². The van der Waals surface area contributed by atoms with E-state index in [0.29, 0.717) is 50.4 Å². The van der Waals surface area contributed by atoms with Crippen LogP contribution in [0.3, 0.4) is 0 Å². The molecule has 2 aromatic rings. The van der Waals surface area contributed by atoms with Gasteiger partial charge in [-0.2, -0.15) is 0 Å². The van der Waals surface area contributed by atoms with Crippen LogP contribution >= 0.6 is 0 Å². The summed E-state index contributed by atoms with van der Waals surface area (Å²) in [5, 5.41) is 2.76. The van der Waals surface area contributed by atoms with Crippen LogP contribution in [0.2, 0.25) is 0 Å². The molecule has 11 heteroatoms. The second-order valence-corrected chi connectivity index (χ2v) is 21.6. The number of esters is 1. The van der Waals surface area contributed by atoms with Gasteiger partial charge in [0.15, 0.2) is 0 Å². The van der Waals surface area contributed by atoms with Crippen LogP contribution in [0.4, 0.5) is 4.79 Å². The number of amides is 1. The maximum absolute atomic E-state index is 12.9. The molecule has 0 aromatic heterocycles. The van der Waals surface area contributed by atoms with Crippen molar-refractivity contribution in [3.8, 4) is 17.2 Å². The van der Waals surface area contributed by atoms with Crippen LogP contribution < -0.4 is 19.5 Å². The van der Waals surface area contributed by atoms with Gasteiger partial charge in [-0.1, -0.05) is 72.2 Å². The fourth-order valence-electron chi connectivity index (χ4n) is 6.61. The lowest BCUT2D eigenvalue weighted by Crippen LogP contribution is -2.48. The molecule has 0 heterocycles. The molecular formula is C54H89NO10. The molecule has 1 unspecified atom stereocenters. The molecule has 0 bridgehead atoms. The Labute approximate surface area is 394 Å². The third-order valence-corrected chi connectivity index (χ3v) is 12.3. The predicted octanol–water partition coefficient (Wildman–Crippen LogP) is 12.7. The molecule has 2 rings (SSSR count). The monoisotopic (exact) mass is 912 g/mol. The van der Waals surface area contributed by atoms with Crippen molar-refractivity contribution in [1.29, 1.82) is 0 Å². The zero-order valence-corrected chi connectivity index (χ0v) is 43.1. The minimum Gasteiger partial charge on any atom is -0.493 e. The Kier molecular flexibility index (Phi) is 23.9. The Hall–Kier alpha value is -3.80. The normalized spacial score (nSPS) is 13.2. The predicted molar refractivity (Wildman–Crippen MR) is 262 cm³/mol.